The van der Waals surface area contributed by atoms with E-state index in [4.69, 9.17) is 46.4 Å². The Morgan fingerprint density at radius 3 is 2.00 bits per heavy atom. The molecule has 3 amide bonds. The fourth-order valence-corrected chi connectivity index (χ4v) is 5.35. The molecule has 17 heteroatoms. The molecule has 2 atom stereocenters. The summed E-state index contributed by atoms with van der Waals surface area (Å²) >= 11 is 24.5. The summed E-state index contributed by atoms with van der Waals surface area (Å²) in [6, 6.07) is 9.04. The predicted octanol–water partition coefficient (Wildman–Crippen LogP) is 8.43. The minimum absolute atomic E-state index is 0.0210. The first-order chi connectivity index (χ1) is 19.8. The van der Waals surface area contributed by atoms with E-state index in [9.17, 15) is 45.1 Å². The smallest absolute Gasteiger partial charge is 0.326 e. The molecule has 3 aromatic rings. The van der Waals surface area contributed by atoms with Gasteiger partial charge in [0.15, 0.2) is 0 Å². The van der Waals surface area contributed by atoms with Crippen LogP contribution < -0.4 is 16.0 Å². The SMILES string of the molecule is O=C(Nc1ccc(NC(=O)C(F)(F)F)c(C(F)(F)F)c1)c1cc(NC(=O)[C@H]2[C@H](c3ccc(F)c(Cl)c3)C2(Cl)Cl)ccc1Cl. The molecule has 0 aliphatic heterocycles. The van der Waals surface area contributed by atoms with Crippen LogP contribution in [0.4, 0.5) is 47.8 Å². The number of carbonyl (C=O) groups is 3. The molecule has 0 saturated heterocycles. The molecular formula is C26H14Cl4F7N3O3. The Hall–Kier alpha value is -3.26. The highest BCUT2D eigenvalue weighted by Gasteiger charge is 2.67. The third-order valence-corrected chi connectivity index (χ3v) is 7.77. The maximum absolute atomic E-state index is 13.5. The Bertz CT molecular complexity index is 1630. The van der Waals surface area contributed by atoms with Crippen molar-refractivity contribution in [1.82, 2.24) is 0 Å². The van der Waals surface area contributed by atoms with Crippen LogP contribution in [0.1, 0.15) is 27.4 Å². The lowest BCUT2D eigenvalue weighted by molar-refractivity contribution is -0.167. The van der Waals surface area contributed by atoms with Crippen molar-refractivity contribution >= 4 is 81.2 Å². The van der Waals surface area contributed by atoms with E-state index < -0.39 is 69.0 Å². The van der Waals surface area contributed by atoms with Crippen LogP contribution in [0.2, 0.25) is 10.0 Å². The standard InChI is InChI=1S/C26H14Cl4F7N3O3/c27-15-4-2-11(39-22(42)20-19(24(20,29)30)10-1-5-17(31)16(28)7-10)8-13(15)21(41)38-12-3-6-18(14(9-12)25(32,33)34)40-23(43)26(35,36)37/h1-9,19-20H,(H,38,41)(H,39,42)(H,40,43)/t19-,20+/m0/s1. The van der Waals surface area contributed by atoms with Crippen molar-refractivity contribution in [2.45, 2.75) is 22.6 Å². The van der Waals surface area contributed by atoms with E-state index in [1.165, 1.54) is 24.3 Å². The van der Waals surface area contributed by atoms with Crippen LogP contribution in [-0.4, -0.2) is 28.2 Å². The Balaban J connectivity index is 1.52. The van der Waals surface area contributed by atoms with E-state index in [0.29, 0.717) is 17.7 Å². The molecule has 0 radical (unpaired) electrons. The second-order valence-corrected chi connectivity index (χ2v) is 11.4. The van der Waals surface area contributed by atoms with Gasteiger partial charge in [-0.1, -0.05) is 29.3 Å². The van der Waals surface area contributed by atoms with Crippen molar-refractivity contribution < 1.29 is 45.1 Å². The van der Waals surface area contributed by atoms with Gasteiger partial charge in [0.25, 0.3) is 5.91 Å². The van der Waals surface area contributed by atoms with Gasteiger partial charge in [0.1, 0.15) is 10.2 Å². The van der Waals surface area contributed by atoms with Gasteiger partial charge in [0, 0.05) is 17.3 Å². The molecule has 0 heterocycles. The van der Waals surface area contributed by atoms with Gasteiger partial charge in [0.2, 0.25) is 5.91 Å². The molecule has 6 nitrogen and oxygen atoms in total. The predicted molar refractivity (Wildman–Crippen MR) is 146 cm³/mol. The molecular weight excluding hydrogens is 677 g/mol. The second kappa shape index (κ2) is 11.7. The Kier molecular flexibility index (Phi) is 8.87. The number of hydrogen-bond donors (Lipinski definition) is 3. The number of amides is 3. The quantitative estimate of drug-likeness (QED) is 0.179. The van der Waals surface area contributed by atoms with Gasteiger partial charge in [-0.15, -0.1) is 23.2 Å². The first kappa shape index (κ1) is 32.6. The summed E-state index contributed by atoms with van der Waals surface area (Å²) in [5, 5.41) is 5.40. The highest BCUT2D eigenvalue weighted by atomic mass is 35.5. The molecule has 0 unspecified atom stereocenters. The van der Waals surface area contributed by atoms with Crippen LogP contribution in [-0.2, 0) is 15.8 Å². The molecule has 1 fully saturated rings. The molecule has 1 aliphatic rings. The highest BCUT2D eigenvalue weighted by Crippen LogP contribution is 2.65. The van der Waals surface area contributed by atoms with Crippen LogP contribution >= 0.6 is 46.4 Å². The lowest BCUT2D eigenvalue weighted by atomic mass is 10.1. The molecule has 3 aromatic carbocycles. The number of benzene rings is 3. The zero-order valence-electron chi connectivity index (χ0n) is 20.7. The number of nitrogens with one attached hydrogen (secondary N) is 3. The minimum atomic E-state index is -5.45. The average Bonchev–Trinajstić information content (AvgIpc) is 3.48. The zero-order chi connectivity index (χ0) is 32.1. The third kappa shape index (κ3) is 7.11. The van der Waals surface area contributed by atoms with E-state index in [1.54, 1.807) is 0 Å². The number of halogens is 11. The number of alkyl halides is 8. The summed E-state index contributed by atoms with van der Waals surface area (Å²) in [5.41, 5.74) is -3.24. The first-order valence-electron chi connectivity index (χ1n) is 11.6. The normalized spacial score (nSPS) is 17.7. The van der Waals surface area contributed by atoms with Gasteiger partial charge in [-0.2, -0.15) is 26.3 Å². The fourth-order valence-electron chi connectivity index (χ4n) is 4.13. The molecule has 228 valence electrons. The summed E-state index contributed by atoms with van der Waals surface area (Å²) in [7, 11) is 0. The zero-order valence-corrected chi connectivity index (χ0v) is 23.8. The van der Waals surface area contributed by atoms with Crippen molar-refractivity contribution in [1.29, 1.82) is 0 Å². The number of rotatable bonds is 6. The van der Waals surface area contributed by atoms with Crippen LogP contribution in [0.3, 0.4) is 0 Å². The van der Waals surface area contributed by atoms with E-state index in [2.05, 4.69) is 10.6 Å². The summed E-state index contributed by atoms with van der Waals surface area (Å²) < 4.78 is 90.2. The largest absolute Gasteiger partial charge is 0.471 e. The molecule has 1 aliphatic carbocycles. The molecule has 1 saturated carbocycles. The fraction of sp³-hybridized carbons (Fsp3) is 0.192. The maximum atomic E-state index is 13.5. The molecule has 4 rings (SSSR count). The van der Waals surface area contributed by atoms with Crippen molar-refractivity contribution in [2.75, 3.05) is 16.0 Å². The summed E-state index contributed by atoms with van der Waals surface area (Å²) in [4.78, 5) is 37.0. The summed E-state index contributed by atoms with van der Waals surface area (Å²) in [6.45, 7) is 0. The number of hydrogen-bond acceptors (Lipinski definition) is 3. The second-order valence-electron chi connectivity index (χ2n) is 9.15. The number of carbonyl (C=O) groups excluding carboxylic acids is 3. The van der Waals surface area contributed by atoms with E-state index in [1.807, 2.05) is 0 Å². The van der Waals surface area contributed by atoms with Crippen LogP contribution in [0.25, 0.3) is 0 Å². The van der Waals surface area contributed by atoms with Gasteiger partial charge in [-0.05, 0) is 54.1 Å². The van der Waals surface area contributed by atoms with E-state index in [-0.39, 0.29) is 21.3 Å². The Morgan fingerprint density at radius 2 is 1.40 bits per heavy atom. The molecule has 43 heavy (non-hydrogen) atoms. The van der Waals surface area contributed by atoms with Crippen LogP contribution in [0.5, 0.6) is 0 Å². The highest BCUT2D eigenvalue weighted by molar-refractivity contribution is 6.53. The van der Waals surface area contributed by atoms with E-state index >= 15 is 0 Å². The van der Waals surface area contributed by atoms with Crippen LogP contribution in [0, 0.1) is 11.7 Å². The Morgan fingerprint density at radius 1 is 0.767 bits per heavy atom. The van der Waals surface area contributed by atoms with Gasteiger partial charge in [-0.3, -0.25) is 14.4 Å². The maximum Gasteiger partial charge on any atom is 0.471 e. The van der Waals surface area contributed by atoms with E-state index in [0.717, 1.165) is 23.5 Å². The van der Waals surface area contributed by atoms with Crippen molar-refractivity contribution in [3.05, 3.63) is 87.2 Å². The summed E-state index contributed by atoms with van der Waals surface area (Å²) in [6.07, 6.45) is -10.7. The third-order valence-electron chi connectivity index (χ3n) is 6.21. The molecule has 0 spiro atoms. The van der Waals surface area contributed by atoms with Crippen LogP contribution in [0.15, 0.2) is 54.6 Å². The van der Waals surface area contributed by atoms with Gasteiger partial charge in [-0.25, -0.2) is 4.39 Å². The average molecular weight is 691 g/mol. The summed E-state index contributed by atoms with van der Waals surface area (Å²) in [5.74, 6) is -6.81. The van der Waals surface area contributed by atoms with Gasteiger partial charge < -0.3 is 16.0 Å². The van der Waals surface area contributed by atoms with Gasteiger partial charge in [0.05, 0.1) is 32.8 Å². The van der Waals surface area contributed by atoms with Crippen molar-refractivity contribution in [2.24, 2.45) is 5.92 Å². The Labute approximate surface area is 257 Å². The first-order valence-corrected chi connectivity index (χ1v) is 13.2. The topological polar surface area (TPSA) is 87.3 Å². The molecule has 0 bridgehead atoms. The van der Waals surface area contributed by atoms with Crippen molar-refractivity contribution in [3.63, 3.8) is 0 Å². The van der Waals surface area contributed by atoms with Gasteiger partial charge >= 0.3 is 18.3 Å². The number of anilines is 3. The minimum Gasteiger partial charge on any atom is -0.326 e. The monoisotopic (exact) mass is 689 g/mol. The lowest BCUT2D eigenvalue weighted by Crippen LogP contribution is -2.31. The van der Waals surface area contributed by atoms with Crippen molar-refractivity contribution in [3.8, 4) is 0 Å². The lowest BCUT2D eigenvalue weighted by Gasteiger charge is -2.17. The molecule has 3 N–H and O–H groups in total. The molecule has 0 aromatic heterocycles.